The fraction of sp³-hybridized carbons (Fsp3) is 0.300. The molecule has 0 aromatic heterocycles. The van der Waals surface area contributed by atoms with Gasteiger partial charge in [-0.05, 0) is 24.1 Å². The molecule has 2 aromatic rings. The smallest absolute Gasteiger partial charge is 0.339 e. The zero-order valence-corrected chi connectivity index (χ0v) is 13.8. The van der Waals surface area contributed by atoms with Crippen LogP contribution < -0.4 is 0 Å². The summed E-state index contributed by atoms with van der Waals surface area (Å²) in [5.41, 5.74) is 0.547. The second-order valence-corrected chi connectivity index (χ2v) is 6.21. The lowest BCUT2D eigenvalue weighted by Crippen LogP contribution is -2.43. The Balaban J connectivity index is 1.78. The summed E-state index contributed by atoms with van der Waals surface area (Å²) in [6.07, 6.45) is 1.73. The Labute approximate surface area is 142 Å². The van der Waals surface area contributed by atoms with E-state index < -0.39 is 11.6 Å². The van der Waals surface area contributed by atoms with E-state index in [2.05, 4.69) is 0 Å². The van der Waals surface area contributed by atoms with E-state index in [1.165, 1.54) is 0 Å². The number of ether oxygens (including phenoxy) is 1. The standard InChI is InChI=1S/C20H21NO3/c1-21-15-14-20(19(21)23,13-12-16-8-4-2-5-9-16)24-18(22)17-10-6-3-7-11-17/h2-11H,12-15H2,1H3. The van der Waals surface area contributed by atoms with Gasteiger partial charge >= 0.3 is 5.97 Å². The number of aryl methyl sites for hydroxylation is 1. The number of hydrogen-bond donors (Lipinski definition) is 0. The Bertz CT molecular complexity index is 714. The Morgan fingerprint density at radius 1 is 1.08 bits per heavy atom. The molecule has 1 heterocycles. The van der Waals surface area contributed by atoms with Gasteiger partial charge in [-0.25, -0.2) is 4.79 Å². The van der Waals surface area contributed by atoms with Crippen LogP contribution in [0.3, 0.4) is 0 Å². The molecule has 0 radical (unpaired) electrons. The van der Waals surface area contributed by atoms with E-state index in [9.17, 15) is 9.59 Å². The van der Waals surface area contributed by atoms with E-state index in [4.69, 9.17) is 4.74 Å². The van der Waals surface area contributed by atoms with Gasteiger partial charge in [-0.15, -0.1) is 0 Å². The van der Waals surface area contributed by atoms with Crippen LogP contribution in [0.4, 0.5) is 0 Å². The van der Waals surface area contributed by atoms with Crippen molar-refractivity contribution >= 4 is 11.9 Å². The summed E-state index contributed by atoms with van der Waals surface area (Å²) in [6.45, 7) is 0.607. The van der Waals surface area contributed by atoms with Gasteiger partial charge in [-0.1, -0.05) is 48.5 Å². The normalized spacial score (nSPS) is 20.2. The molecule has 24 heavy (non-hydrogen) atoms. The topological polar surface area (TPSA) is 46.6 Å². The third kappa shape index (κ3) is 3.32. The average Bonchev–Trinajstić information content (AvgIpc) is 2.90. The van der Waals surface area contributed by atoms with Crippen molar-refractivity contribution in [2.24, 2.45) is 0 Å². The maximum Gasteiger partial charge on any atom is 0.339 e. The first-order valence-corrected chi connectivity index (χ1v) is 8.19. The van der Waals surface area contributed by atoms with Crippen molar-refractivity contribution < 1.29 is 14.3 Å². The number of likely N-dealkylation sites (tertiary alicyclic amines) is 1. The Kier molecular flexibility index (Phi) is 4.65. The summed E-state index contributed by atoms with van der Waals surface area (Å²) < 4.78 is 5.76. The second-order valence-electron chi connectivity index (χ2n) is 6.21. The quantitative estimate of drug-likeness (QED) is 0.795. The first-order valence-electron chi connectivity index (χ1n) is 8.19. The van der Waals surface area contributed by atoms with Crippen LogP contribution in [-0.2, 0) is 16.0 Å². The van der Waals surface area contributed by atoms with Crippen molar-refractivity contribution in [1.82, 2.24) is 4.90 Å². The third-order valence-electron chi connectivity index (χ3n) is 4.55. The van der Waals surface area contributed by atoms with E-state index in [0.717, 1.165) is 5.56 Å². The van der Waals surface area contributed by atoms with Gasteiger partial charge in [0.05, 0.1) is 5.56 Å². The number of nitrogens with zero attached hydrogens (tertiary/aromatic N) is 1. The molecular weight excluding hydrogens is 302 g/mol. The van der Waals surface area contributed by atoms with E-state index in [1.807, 2.05) is 36.4 Å². The maximum atomic E-state index is 12.7. The Morgan fingerprint density at radius 2 is 1.71 bits per heavy atom. The monoisotopic (exact) mass is 323 g/mol. The Morgan fingerprint density at radius 3 is 2.29 bits per heavy atom. The molecule has 1 aliphatic rings. The van der Waals surface area contributed by atoms with E-state index in [0.29, 0.717) is 31.4 Å². The van der Waals surface area contributed by atoms with Crippen LogP contribution in [0.1, 0.15) is 28.8 Å². The molecule has 4 heteroatoms. The van der Waals surface area contributed by atoms with Crippen molar-refractivity contribution in [3.8, 4) is 0 Å². The number of hydrogen-bond acceptors (Lipinski definition) is 3. The van der Waals surface area contributed by atoms with Gasteiger partial charge < -0.3 is 9.64 Å². The second kappa shape index (κ2) is 6.87. The largest absolute Gasteiger partial charge is 0.445 e. The van der Waals surface area contributed by atoms with Gasteiger partial charge in [0, 0.05) is 26.4 Å². The predicted molar refractivity (Wildman–Crippen MR) is 91.6 cm³/mol. The molecule has 1 unspecified atom stereocenters. The summed E-state index contributed by atoms with van der Waals surface area (Å²) in [4.78, 5) is 26.8. The summed E-state index contributed by atoms with van der Waals surface area (Å²) in [5, 5.41) is 0. The highest BCUT2D eigenvalue weighted by atomic mass is 16.6. The molecule has 1 saturated heterocycles. The predicted octanol–water partition coefficient (Wildman–Crippen LogP) is 3.08. The molecule has 1 amide bonds. The molecule has 0 saturated carbocycles. The molecule has 1 atom stereocenters. The highest BCUT2D eigenvalue weighted by Gasteiger charge is 2.48. The van der Waals surface area contributed by atoms with Gasteiger partial charge in [0.1, 0.15) is 0 Å². The number of likely N-dealkylation sites (N-methyl/N-ethyl adjacent to an activating group) is 1. The van der Waals surface area contributed by atoms with Crippen LogP contribution in [0.15, 0.2) is 60.7 Å². The van der Waals surface area contributed by atoms with E-state index in [-0.39, 0.29) is 5.91 Å². The lowest BCUT2D eigenvalue weighted by Gasteiger charge is -2.27. The lowest BCUT2D eigenvalue weighted by atomic mass is 9.93. The van der Waals surface area contributed by atoms with Crippen LogP contribution in [0.5, 0.6) is 0 Å². The van der Waals surface area contributed by atoms with Gasteiger partial charge in [-0.2, -0.15) is 0 Å². The zero-order valence-electron chi connectivity index (χ0n) is 13.8. The molecule has 124 valence electrons. The zero-order chi connectivity index (χ0) is 17.0. The fourth-order valence-electron chi connectivity index (χ4n) is 3.08. The van der Waals surface area contributed by atoms with Crippen LogP contribution in [0, 0.1) is 0 Å². The molecule has 0 N–H and O–H groups in total. The first-order chi connectivity index (χ1) is 11.6. The lowest BCUT2D eigenvalue weighted by molar-refractivity contribution is -0.143. The van der Waals surface area contributed by atoms with Crippen molar-refractivity contribution in [2.75, 3.05) is 13.6 Å². The number of amides is 1. The van der Waals surface area contributed by atoms with Crippen LogP contribution in [-0.4, -0.2) is 36.0 Å². The summed E-state index contributed by atoms with van der Waals surface area (Å²) in [7, 11) is 1.75. The average molecular weight is 323 g/mol. The number of rotatable bonds is 5. The number of benzene rings is 2. The minimum atomic E-state index is -1.06. The number of carbonyl (C=O) groups is 2. The first kappa shape index (κ1) is 16.2. The van der Waals surface area contributed by atoms with Gasteiger partial charge in [0.25, 0.3) is 5.91 Å². The third-order valence-corrected chi connectivity index (χ3v) is 4.55. The highest BCUT2D eigenvalue weighted by Crippen LogP contribution is 2.32. The highest BCUT2D eigenvalue weighted by molar-refractivity contribution is 5.94. The maximum absolute atomic E-state index is 12.7. The molecular formula is C20H21NO3. The summed E-state index contributed by atoms with van der Waals surface area (Å²) in [6, 6.07) is 18.8. The minimum absolute atomic E-state index is 0.109. The van der Waals surface area contributed by atoms with Gasteiger partial charge in [0.15, 0.2) is 5.60 Å². The van der Waals surface area contributed by atoms with Crippen LogP contribution >= 0.6 is 0 Å². The summed E-state index contributed by atoms with van der Waals surface area (Å²) >= 11 is 0. The molecule has 1 fully saturated rings. The minimum Gasteiger partial charge on any atom is -0.445 e. The number of esters is 1. The van der Waals surface area contributed by atoms with E-state index >= 15 is 0 Å². The molecule has 0 bridgehead atoms. The molecule has 0 spiro atoms. The SMILES string of the molecule is CN1CCC(CCc2ccccc2)(OC(=O)c2ccccc2)C1=O. The fourth-order valence-corrected chi connectivity index (χ4v) is 3.08. The molecule has 4 nitrogen and oxygen atoms in total. The van der Waals surface area contributed by atoms with Crippen molar-refractivity contribution in [3.05, 3.63) is 71.8 Å². The Hall–Kier alpha value is -2.62. The molecule has 0 aliphatic carbocycles. The van der Waals surface area contributed by atoms with Gasteiger partial charge in [0.2, 0.25) is 0 Å². The molecule has 3 rings (SSSR count). The molecule has 2 aromatic carbocycles. The van der Waals surface area contributed by atoms with Crippen molar-refractivity contribution in [3.63, 3.8) is 0 Å². The van der Waals surface area contributed by atoms with Crippen LogP contribution in [0.2, 0.25) is 0 Å². The molecule has 1 aliphatic heterocycles. The van der Waals surface area contributed by atoms with Gasteiger partial charge in [-0.3, -0.25) is 4.79 Å². The van der Waals surface area contributed by atoms with E-state index in [1.54, 1.807) is 36.2 Å². The van der Waals surface area contributed by atoms with Crippen molar-refractivity contribution in [1.29, 1.82) is 0 Å². The summed E-state index contributed by atoms with van der Waals surface area (Å²) in [5.74, 6) is -0.546. The van der Waals surface area contributed by atoms with Crippen LogP contribution in [0.25, 0.3) is 0 Å². The van der Waals surface area contributed by atoms with Crippen molar-refractivity contribution in [2.45, 2.75) is 24.9 Å². The number of carbonyl (C=O) groups excluding carboxylic acids is 2.